The molecule has 1 aromatic carbocycles. The molecule has 0 saturated heterocycles. The number of esters is 1. The van der Waals surface area contributed by atoms with E-state index in [0.717, 1.165) is 0 Å². The molecule has 2 aromatic rings. The third-order valence-electron chi connectivity index (χ3n) is 2.47. The Hall–Kier alpha value is -2.15. The molecule has 104 valence electrons. The molecule has 0 radical (unpaired) electrons. The largest absolute Gasteiger partial charge is 0.462 e. The number of hydrogen-bond donors (Lipinski definition) is 2. The van der Waals surface area contributed by atoms with Gasteiger partial charge < -0.3 is 15.0 Å². The second-order valence-electron chi connectivity index (χ2n) is 3.83. The Balaban J connectivity index is 2.14. The van der Waals surface area contributed by atoms with E-state index in [1.54, 1.807) is 25.1 Å². The van der Waals surface area contributed by atoms with E-state index in [4.69, 9.17) is 4.74 Å². The van der Waals surface area contributed by atoms with E-state index >= 15 is 0 Å². The van der Waals surface area contributed by atoms with Crippen molar-refractivity contribution in [3.63, 3.8) is 0 Å². The molecular formula is C13H12BrN3O3. The number of hydrogen-bond acceptors (Lipinski definition) is 4. The van der Waals surface area contributed by atoms with Crippen molar-refractivity contribution in [1.29, 1.82) is 0 Å². The normalized spacial score (nSPS) is 10.1. The molecule has 0 unspecified atom stereocenters. The molecule has 1 amide bonds. The summed E-state index contributed by atoms with van der Waals surface area (Å²) < 4.78 is 5.50. The lowest BCUT2D eigenvalue weighted by Crippen LogP contribution is -2.13. The SMILES string of the molecule is CCOC(=O)c1ccc(NC(=O)c2cnc[nH]2)c(Br)c1. The maximum atomic E-state index is 11.9. The van der Waals surface area contributed by atoms with Crippen LogP contribution >= 0.6 is 15.9 Å². The number of imidazole rings is 1. The quantitative estimate of drug-likeness (QED) is 0.840. The van der Waals surface area contributed by atoms with Crippen LogP contribution in [0.15, 0.2) is 35.2 Å². The van der Waals surface area contributed by atoms with E-state index in [-0.39, 0.29) is 5.91 Å². The van der Waals surface area contributed by atoms with Gasteiger partial charge in [-0.1, -0.05) is 0 Å². The number of nitrogens with zero attached hydrogens (tertiary/aromatic N) is 1. The number of H-pyrrole nitrogens is 1. The van der Waals surface area contributed by atoms with Crippen molar-refractivity contribution >= 4 is 33.5 Å². The number of carbonyl (C=O) groups is 2. The van der Waals surface area contributed by atoms with Crippen LogP contribution in [0.5, 0.6) is 0 Å². The van der Waals surface area contributed by atoms with Gasteiger partial charge in [-0.15, -0.1) is 0 Å². The smallest absolute Gasteiger partial charge is 0.338 e. The second-order valence-corrected chi connectivity index (χ2v) is 4.69. The van der Waals surface area contributed by atoms with Gasteiger partial charge in [-0.3, -0.25) is 4.79 Å². The summed E-state index contributed by atoms with van der Waals surface area (Å²) in [5.41, 5.74) is 1.32. The molecule has 0 aliphatic carbocycles. The molecule has 6 nitrogen and oxygen atoms in total. The van der Waals surface area contributed by atoms with Gasteiger partial charge in [-0.05, 0) is 41.1 Å². The fourth-order valence-electron chi connectivity index (χ4n) is 1.53. The molecule has 0 atom stereocenters. The molecular weight excluding hydrogens is 326 g/mol. The van der Waals surface area contributed by atoms with Crippen molar-refractivity contribution in [3.8, 4) is 0 Å². The Labute approximate surface area is 123 Å². The Bertz CT molecular complexity index is 626. The number of nitrogens with one attached hydrogen (secondary N) is 2. The summed E-state index contributed by atoms with van der Waals surface area (Å²) in [4.78, 5) is 29.9. The van der Waals surface area contributed by atoms with E-state index < -0.39 is 5.97 Å². The first kappa shape index (κ1) is 14.3. The summed E-state index contributed by atoms with van der Waals surface area (Å²) >= 11 is 3.31. The number of rotatable bonds is 4. The van der Waals surface area contributed by atoms with Gasteiger partial charge in [-0.25, -0.2) is 9.78 Å². The summed E-state index contributed by atoms with van der Waals surface area (Å²) in [6.45, 7) is 2.06. The molecule has 1 aromatic heterocycles. The molecule has 2 N–H and O–H groups in total. The Morgan fingerprint density at radius 3 is 2.85 bits per heavy atom. The van der Waals surface area contributed by atoms with Crippen LogP contribution in [0.1, 0.15) is 27.8 Å². The average Bonchev–Trinajstić information content (AvgIpc) is 2.95. The van der Waals surface area contributed by atoms with Crippen molar-refractivity contribution in [3.05, 3.63) is 46.5 Å². The minimum absolute atomic E-state index is 0.313. The Morgan fingerprint density at radius 1 is 1.45 bits per heavy atom. The van der Waals surface area contributed by atoms with Crippen LogP contribution in [-0.2, 0) is 4.74 Å². The van der Waals surface area contributed by atoms with E-state index in [1.165, 1.54) is 12.5 Å². The zero-order chi connectivity index (χ0) is 14.5. The maximum absolute atomic E-state index is 11.9. The predicted molar refractivity (Wildman–Crippen MR) is 76.6 cm³/mol. The van der Waals surface area contributed by atoms with E-state index in [0.29, 0.717) is 28.0 Å². The number of benzene rings is 1. The predicted octanol–water partition coefficient (Wildman–Crippen LogP) is 2.60. The van der Waals surface area contributed by atoms with Crippen molar-refractivity contribution < 1.29 is 14.3 Å². The lowest BCUT2D eigenvalue weighted by atomic mass is 10.2. The summed E-state index contributed by atoms with van der Waals surface area (Å²) in [6.07, 6.45) is 2.85. The third-order valence-corrected chi connectivity index (χ3v) is 3.13. The maximum Gasteiger partial charge on any atom is 0.338 e. The Kier molecular flexibility index (Phi) is 4.52. The van der Waals surface area contributed by atoms with Crippen molar-refractivity contribution in [2.45, 2.75) is 6.92 Å². The monoisotopic (exact) mass is 337 g/mol. The van der Waals surface area contributed by atoms with Gasteiger partial charge in [0, 0.05) is 4.47 Å². The number of aromatic amines is 1. The number of amides is 1. The molecule has 7 heteroatoms. The number of anilines is 1. The molecule has 20 heavy (non-hydrogen) atoms. The summed E-state index contributed by atoms with van der Waals surface area (Å²) in [7, 11) is 0. The lowest BCUT2D eigenvalue weighted by molar-refractivity contribution is 0.0526. The first-order valence-corrected chi connectivity index (χ1v) is 6.67. The number of ether oxygens (including phenoxy) is 1. The van der Waals surface area contributed by atoms with Crippen LogP contribution in [0.4, 0.5) is 5.69 Å². The van der Waals surface area contributed by atoms with Crippen LogP contribution in [0.3, 0.4) is 0 Å². The molecule has 0 saturated carbocycles. The fraction of sp³-hybridized carbons (Fsp3) is 0.154. The molecule has 0 fully saturated rings. The highest BCUT2D eigenvalue weighted by atomic mass is 79.9. The third kappa shape index (κ3) is 3.24. The van der Waals surface area contributed by atoms with Gasteiger partial charge in [0.1, 0.15) is 5.69 Å². The van der Waals surface area contributed by atoms with Crippen LogP contribution < -0.4 is 5.32 Å². The first-order valence-electron chi connectivity index (χ1n) is 5.88. The topological polar surface area (TPSA) is 84.1 Å². The lowest BCUT2D eigenvalue weighted by Gasteiger charge is -2.08. The van der Waals surface area contributed by atoms with Crippen LogP contribution in [0, 0.1) is 0 Å². The summed E-state index contributed by atoms with van der Waals surface area (Å²) in [5, 5.41) is 2.70. The van der Waals surface area contributed by atoms with E-state index in [9.17, 15) is 9.59 Å². The fourth-order valence-corrected chi connectivity index (χ4v) is 2.01. The van der Waals surface area contributed by atoms with Gasteiger partial charge in [0.2, 0.25) is 0 Å². The first-order chi connectivity index (χ1) is 9.61. The summed E-state index contributed by atoms with van der Waals surface area (Å²) in [5.74, 6) is -0.716. The van der Waals surface area contributed by atoms with E-state index in [1.807, 2.05) is 0 Å². The summed E-state index contributed by atoms with van der Waals surface area (Å²) in [6, 6.07) is 4.82. The zero-order valence-electron chi connectivity index (χ0n) is 10.6. The molecule has 2 rings (SSSR count). The van der Waals surface area contributed by atoms with E-state index in [2.05, 4.69) is 31.2 Å². The zero-order valence-corrected chi connectivity index (χ0v) is 12.2. The minimum Gasteiger partial charge on any atom is -0.462 e. The number of halogens is 1. The molecule has 0 spiro atoms. The number of carbonyl (C=O) groups excluding carboxylic acids is 2. The Morgan fingerprint density at radius 2 is 2.25 bits per heavy atom. The van der Waals surface area contributed by atoms with Crippen molar-refractivity contribution in [2.75, 3.05) is 11.9 Å². The standard InChI is InChI=1S/C13H12BrN3O3/c1-2-20-13(19)8-3-4-10(9(14)5-8)17-12(18)11-6-15-7-16-11/h3-7H,2H2,1H3,(H,15,16)(H,17,18). The highest BCUT2D eigenvalue weighted by Gasteiger charge is 2.12. The minimum atomic E-state index is -0.403. The van der Waals surface area contributed by atoms with Crippen molar-refractivity contribution in [1.82, 2.24) is 9.97 Å². The van der Waals surface area contributed by atoms with Crippen LogP contribution in [0.25, 0.3) is 0 Å². The van der Waals surface area contributed by atoms with Crippen molar-refractivity contribution in [2.24, 2.45) is 0 Å². The molecule has 0 aliphatic heterocycles. The average molecular weight is 338 g/mol. The molecule has 1 heterocycles. The van der Waals surface area contributed by atoms with Crippen LogP contribution in [0.2, 0.25) is 0 Å². The van der Waals surface area contributed by atoms with Gasteiger partial charge in [-0.2, -0.15) is 0 Å². The second kappa shape index (κ2) is 6.33. The van der Waals surface area contributed by atoms with Gasteiger partial charge in [0.25, 0.3) is 5.91 Å². The molecule has 0 aliphatic rings. The number of aromatic nitrogens is 2. The highest BCUT2D eigenvalue weighted by molar-refractivity contribution is 9.10. The van der Waals surface area contributed by atoms with Crippen LogP contribution in [-0.4, -0.2) is 28.5 Å². The van der Waals surface area contributed by atoms with Gasteiger partial charge in [0.15, 0.2) is 0 Å². The molecule has 0 bridgehead atoms. The van der Waals surface area contributed by atoms with Gasteiger partial charge >= 0.3 is 5.97 Å². The highest BCUT2D eigenvalue weighted by Crippen LogP contribution is 2.24. The van der Waals surface area contributed by atoms with Gasteiger partial charge in [0.05, 0.1) is 30.4 Å².